The van der Waals surface area contributed by atoms with Crippen LogP contribution in [0.1, 0.15) is 11.4 Å². The van der Waals surface area contributed by atoms with Crippen molar-refractivity contribution in [2.24, 2.45) is 0 Å². The minimum atomic E-state index is 0.783. The number of imidazole rings is 1. The van der Waals surface area contributed by atoms with Gasteiger partial charge in [-0.25, -0.2) is 4.98 Å². The summed E-state index contributed by atoms with van der Waals surface area (Å²) in [4.78, 5) is 14.7. The van der Waals surface area contributed by atoms with Gasteiger partial charge in [0, 0.05) is 18.1 Å². The van der Waals surface area contributed by atoms with Gasteiger partial charge in [0.25, 0.3) is 0 Å². The van der Waals surface area contributed by atoms with Crippen LogP contribution in [0.3, 0.4) is 0 Å². The van der Waals surface area contributed by atoms with Crippen LogP contribution < -0.4 is 0 Å². The third-order valence-electron chi connectivity index (χ3n) is 4.03. The van der Waals surface area contributed by atoms with Gasteiger partial charge in [-0.2, -0.15) is 0 Å². The van der Waals surface area contributed by atoms with E-state index in [9.17, 15) is 0 Å². The summed E-state index contributed by atoms with van der Waals surface area (Å²) in [6, 6.07) is 18.5. The van der Waals surface area contributed by atoms with Gasteiger partial charge in [0.2, 0.25) is 0 Å². The molecule has 4 heteroatoms. The number of hydrogen-bond donors (Lipinski definition) is 1. The molecule has 0 saturated heterocycles. The summed E-state index contributed by atoms with van der Waals surface area (Å²) in [5.74, 6) is 0.993. The number of rotatable bonds is 4. The Balaban J connectivity index is 1.56. The first-order chi connectivity index (χ1) is 11.3. The normalized spacial score (nSPS) is 11.6. The predicted octanol–water partition coefficient (Wildman–Crippen LogP) is 3.74. The molecule has 0 fully saturated rings. The number of fused-ring (bicyclic) bond motifs is 2. The molecule has 23 heavy (non-hydrogen) atoms. The number of H-pyrrole nitrogens is 1. The fourth-order valence-corrected chi connectivity index (χ4v) is 2.99. The van der Waals surface area contributed by atoms with Crippen molar-refractivity contribution in [3.8, 4) is 0 Å². The molecule has 0 spiro atoms. The summed E-state index contributed by atoms with van der Waals surface area (Å²) >= 11 is 0. The first kappa shape index (κ1) is 13.9. The summed E-state index contributed by atoms with van der Waals surface area (Å²) < 4.78 is 0. The molecule has 0 amide bonds. The summed E-state index contributed by atoms with van der Waals surface area (Å²) in [5, 5.41) is 1.21. The lowest BCUT2D eigenvalue weighted by Crippen LogP contribution is -2.18. The van der Waals surface area contributed by atoms with Crippen molar-refractivity contribution in [3.63, 3.8) is 0 Å². The lowest BCUT2D eigenvalue weighted by Gasteiger charge is -2.16. The van der Waals surface area contributed by atoms with Crippen molar-refractivity contribution in [3.05, 3.63) is 72.2 Å². The topological polar surface area (TPSA) is 44.8 Å². The Labute approximate surface area is 134 Å². The minimum absolute atomic E-state index is 0.783. The second kappa shape index (κ2) is 5.82. The van der Waals surface area contributed by atoms with E-state index in [1.165, 1.54) is 10.9 Å². The number of nitrogens with one attached hydrogen (secondary N) is 1. The van der Waals surface area contributed by atoms with Crippen LogP contribution in [-0.2, 0) is 13.1 Å². The molecule has 0 aliphatic heterocycles. The van der Waals surface area contributed by atoms with E-state index in [0.717, 1.165) is 35.5 Å². The first-order valence-electron chi connectivity index (χ1n) is 7.74. The maximum absolute atomic E-state index is 4.65. The van der Waals surface area contributed by atoms with Crippen LogP contribution in [0.15, 0.2) is 60.8 Å². The van der Waals surface area contributed by atoms with E-state index in [1.807, 2.05) is 30.5 Å². The maximum atomic E-state index is 4.65. The van der Waals surface area contributed by atoms with Crippen molar-refractivity contribution < 1.29 is 0 Å². The monoisotopic (exact) mass is 302 g/mol. The summed E-state index contributed by atoms with van der Waals surface area (Å²) in [5.41, 5.74) is 4.44. The lowest BCUT2D eigenvalue weighted by atomic mass is 10.1. The molecule has 0 saturated carbocycles. The highest BCUT2D eigenvalue weighted by Crippen LogP contribution is 2.19. The lowest BCUT2D eigenvalue weighted by molar-refractivity contribution is 0.313. The smallest absolute Gasteiger partial charge is 0.121 e. The van der Waals surface area contributed by atoms with Crippen molar-refractivity contribution in [1.29, 1.82) is 0 Å². The van der Waals surface area contributed by atoms with Crippen LogP contribution in [-0.4, -0.2) is 26.9 Å². The summed E-state index contributed by atoms with van der Waals surface area (Å²) in [6.45, 7) is 1.64. The summed E-state index contributed by atoms with van der Waals surface area (Å²) in [6.07, 6.45) is 1.84. The fraction of sp³-hybridized carbons (Fsp3) is 0.158. The SMILES string of the molecule is CN(Cc1nc2ccccc2[nH]1)Cc1cccc2ncccc12. The van der Waals surface area contributed by atoms with Crippen LogP contribution >= 0.6 is 0 Å². The highest BCUT2D eigenvalue weighted by molar-refractivity contribution is 5.81. The van der Waals surface area contributed by atoms with Crippen molar-refractivity contribution >= 4 is 21.9 Å². The number of pyridine rings is 1. The van der Waals surface area contributed by atoms with Gasteiger partial charge in [-0.1, -0.05) is 30.3 Å². The largest absolute Gasteiger partial charge is 0.341 e. The van der Waals surface area contributed by atoms with E-state index in [-0.39, 0.29) is 0 Å². The van der Waals surface area contributed by atoms with Crippen molar-refractivity contribution in [1.82, 2.24) is 19.9 Å². The molecule has 0 aliphatic carbocycles. The Hall–Kier alpha value is -2.72. The van der Waals surface area contributed by atoms with Gasteiger partial charge < -0.3 is 4.98 Å². The number of nitrogens with zero attached hydrogens (tertiary/aromatic N) is 3. The van der Waals surface area contributed by atoms with Gasteiger partial charge in [0.05, 0.1) is 23.1 Å². The number of aromatic amines is 1. The molecule has 2 heterocycles. The number of para-hydroxylation sites is 2. The summed E-state index contributed by atoms with van der Waals surface area (Å²) in [7, 11) is 2.11. The predicted molar refractivity (Wildman–Crippen MR) is 93.0 cm³/mol. The van der Waals surface area contributed by atoms with Crippen molar-refractivity contribution in [2.75, 3.05) is 7.05 Å². The molecule has 2 aromatic heterocycles. The molecular weight excluding hydrogens is 284 g/mol. The Morgan fingerprint density at radius 2 is 1.78 bits per heavy atom. The number of hydrogen-bond acceptors (Lipinski definition) is 3. The van der Waals surface area contributed by atoms with Gasteiger partial charge in [-0.15, -0.1) is 0 Å². The van der Waals surface area contributed by atoms with Gasteiger partial charge in [0.1, 0.15) is 5.82 Å². The van der Waals surface area contributed by atoms with E-state index < -0.39 is 0 Å². The van der Waals surface area contributed by atoms with Gasteiger partial charge in [-0.05, 0) is 36.9 Å². The molecular formula is C19H18N4. The average Bonchev–Trinajstić information content (AvgIpc) is 2.97. The van der Waals surface area contributed by atoms with Crippen LogP contribution in [0.2, 0.25) is 0 Å². The Kier molecular flexibility index (Phi) is 3.52. The van der Waals surface area contributed by atoms with Crippen LogP contribution in [0.4, 0.5) is 0 Å². The minimum Gasteiger partial charge on any atom is -0.341 e. The van der Waals surface area contributed by atoms with Gasteiger partial charge >= 0.3 is 0 Å². The van der Waals surface area contributed by atoms with E-state index in [0.29, 0.717) is 0 Å². The molecule has 2 aromatic carbocycles. The quantitative estimate of drug-likeness (QED) is 0.624. The molecule has 0 bridgehead atoms. The molecule has 114 valence electrons. The zero-order valence-electron chi connectivity index (χ0n) is 13.0. The second-order valence-electron chi connectivity index (χ2n) is 5.86. The number of benzene rings is 2. The Morgan fingerprint density at radius 1 is 0.913 bits per heavy atom. The van der Waals surface area contributed by atoms with Gasteiger partial charge in [-0.3, -0.25) is 9.88 Å². The van der Waals surface area contributed by atoms with E-state index in [4.69, 9.17) is 0 Å². The highest BCUT2D eigenvalue weighted by Gasteiger charge is 2.08. The number of aromatic nitrogens is 3. The van der Waals surface area contributed by atoms with Gasteiger partial charge in [0.15, 0.2) is 0 Å². The van der Waals surface area contributed by atoms with Crippen molar-refractivity contribution in [2.45, 2.75) is 13.1 Å². The molecule has 0 unspecified atom stereocenters. The molecule has 0 aliphatic rings. The maximum Gasteiger partial charge on any atom is 0.121 e. The molecule has 0 atom stereocenters. The zero-order chi connectivity index (χ0) is 15.6. The fourth-order valence-electron chi connectivity index (χ4n) is 2.99. The first-order valence-corrected chi connectivity index (χ1v) is 7.74. The zero-order valence-corrected chi connectivity index (χ0v) is 13.0. The molecule has 4 rings (SSSR count). The standard InChI is InChI=1S/C19H18N4/c1-23(13-19-21-17-8-2-3-9-18(17)22-19)12-14-6-4-10-16-15(14)7-5-11-20-16/h2-11H,12-13H2,1H3,(H,21,22). The Morgan fingerprint density at radius 3 is 2.70 bits per heavy atom. The van der Waals surface area contributed by atoms with E-state index in [2.05, 4.69) is 57.2 Å². The highest BCUT2D eigenvalue weighted by atomic mass is 15.1. The van der Waals surface area contributed by atoms with Crippen LogP contribution in [0, 0.1) is 0 Å². The Bertz CT molecular complexity index is 919. The second-order valence-corrected chi connectivity index (χ2v) is 5.86. The molecule has 1 N–H and O–H groups in total. The molecule has 4 nitrogen and oxygen atoms in total. The van der Waals surface area contributed by atoms with Crippen LogP contribution in [0.5, 0.6) is 0 Å². The molecule has 0 radical (unpaired) electrons. The third-order valence-corrected chi connectivity index (χ3v) is 4.03. The van der Waals surface area contributed by atoms with Crippen LogP contribution in [0.25, 0.3) is 21.9 Å². The third kappa shape index (κ3) is 2.81. The van der Waals surface area contributed by atoms with E-state index >= 15 is 0 Å². The average molecular weight is 302 g/mol. The molecule has 4 aromatic rings. The van der Waals surface area contributed by atoms with E-state index in [1.54, 1.807) is 0 Å².